The van der Waals surface area contributed by atoms with Gasteiger partial charge in [-0.15, -0.1) is 0 Å². The lowest BCUT2D eigenvalue weighted by atomic mass is 9.90. The molecule has 1 aliphatic rings. The number of oxazole rings is 1. The van der Waals surface area contributed by atoms with Crippen molar-refractivity contribution in [2.45, 2.75) is 25.4 Å². The molecule has 1 fully saturated rings. The number of rotatable bonds is 4. The van der Waals surface area contributed by atoms with E-state index in [0.29, 0.717) is 24.6 Å². The molecule has 1 aliphatic heterocycles. The highest BCUT2D eigenvalue weighted by Gasteiger charge is 2.30. The van der Waals surface area contributed by atoms with Gasteiger partial charge in [0.05, 0.1) is 5.56 Å². The number of benzene rings is 2. The lowest BCUT2D eigenvalue weighted by Crippen LogP contribution is -2.39. The normalized spacial score (nSPS) is 15.4. The third kappa shape index (κ3) is 4.56. The van der Waals surface area contributed by atoms with Crippen molar-refractivity contribution in [1.82, 2.24) is 9.88 Å². The Morgan fingerprint density at radius 1 is 1.03 bits per heavy atom. The van der Waals surface area contributed by atoms with Gasteiger partial charge in [-0.3, -0.25) is 4.79 Å². The van der Waals surface area contributed by atoms with Crippen molar-refractivity contribution in [1.29, 1.82) is 0 Å². The molecule has 30 heavy (non-hydrogen) atoms. The van der Waals surface area contributed by atoms with Crippen molar-refractivity contribution < 1.29 is 22.4 Å². The van der Waals surface area contributed by atoms with Gasteiger partial charge in [0.15, 0.2) is 5.69 Å². The number of aromatic nitrogens is 1. The quantitative estimate of drug-likeness (QED) is 0.570. The largest absolute Gasteiger partial charge is 0.444 e. The number of halogens is 3. The van der Waals surface area contributed by atoms with Crippen molar-refractivity contribution in [3.63, 3.8) is 0 Å². The molecule has 3 aromatic rings. The average Bonchev–Trinajstić information content (AvgIpc) is 3.24. The molecule has 0 atom stereocenters. The molecule has 4 rings (SSSR count). The summed E-state index contributed by atoms with van der Waals surface area (Å²) in [5.74, 6) is 0.456. The molecule has 0 bridgehead atoms. The summed E-state index contributed by atoms with van der Waals surface area (Å²) in [7, 11) is 0. The molecule has 7 heteroatoms. The Kier molecular flexibility index (Phi) is 5.61. The van der Waals surface area contributed by atoms with E-state index in [4.69, 9.17) is 4.42 Å². The number of carbonyl (C=O) groups excluding carboxylic acids is 1. The van der Waals surface area contributed by atoms with Gasteiger partial charge in [-0.05, 0) is 55.0 Å². The van der Waals surface area contributed by atoms with E-state index in [1.165, 1.54) is 24.0 Å². The maximum atomic E-state index is 12.7. The zero-order valence-corrected chi connectivity index (χ0v) is 16.2. The van der Waals surface area contributed by atoms with Gasteiger partial charge in [-0.1, -0.05) is 30.3 Å². The van der Waals surface area contributed by atoms with Crippen LogP contribution in [0.25, 0.3) is 11.5 Å². The van der Waals surface area contributed by atoms with Gasteiger partial charge in [0, 0.05) is 18.7 Å². The van der Waals surface area contributed by atoms with Crippen molar-refractivity contribution >= 4 is 5.91 Å². The van der Waals surface area contributed by atoms with Crippen molar-refractivity contribution in [2.24, 2.45) is 5.92 Å². The Morgan fingerprint density at radius 2 is 1.70 bits per heavy atom. The summed E-state index contributed by atoms with van der Waals surface area (Å²) in [6.45, 7) is 1.30. The molecule has 0 radical (unpaired) electrons. The number of carbonyl (C=O) groups is 1. The van der Waals surface area contributed by atoms with Crippen LogP contribution in [0.2, 0.25) is 0 Å². The molecule has 0 aliphatic carbocycles. The van der Waals surface area contributed by atoms with Crippen LogP contribution in [0, 0.1) is 5.92 Å². The fourth-order valence-electron chi connectivity index (χ4n) is 3.76. The van der Waals surface area contributed by atoms with Crippen LogP contribution >= 0.6 is 0 Å². The van der Waals surface area contributed by atoms with E-state index in [2.05, 4.69) is 17.1 Å². The van der Waals surface area contributed by atoms with Gasteiger partial charge in [0.1, 0.15) is 6.26 Å². The summed E-state index contributed by atoms with van der Waals surface area (Å²) >= 11 is 0. The predicted molar refractivity (Wildman–Crippen MR) is 106 cm³/mol. The Labute approximate surface area is 172 Å². The minimum absolute atomic E-state index is 0.131. The van der Waals surface area contributed by atoms with E-state index in [0.717, 1.165) is 31.4 Å². The van der Waals surface area contributed by atoms with Gasteiger partial charge < -0.3 is 9.32 Å². The standard InChI is InChI=1S/C23H21F3N2O2/c24-23(25,26)19-8-6-18(7-9-19)21-27-20(15-30-21)22(29)28-12-10-17(11-13-28)14-16-4-2-1-3-5-16/h1-9,15,17H,10-14H2. The lowest BCUT2D eigenvalue weighted by molar-refractivity contribution is -0.137. The number of hydrogen-bond donors (Lipinski definition) is 0. The van der Waals surface area contributed by atoms with Crippen molar-refractivity contribution in [3.8, 4) is 11.5 Å². The van der Waals surface area contributed by atoms with Gasteiger partial charge in [-0.2, -0.15) is 13.2 Å². The highest BCUT2D eigenvalue weighted by molar-refractivity contribution is 5.92. The molecule has 1 aromatic heterocycles. The maximum Gasteiger partial charge on any atom is 0.416 e. The van der Waals surface area contributed by atoms with Crippen LogP contribution in [0.3, 0.4) is 0 Å². The Morgan fingerprint density at radius 3 is 2.33 bits per heavy atom. The molecule has 0 spiro atoms. The second kappa shape index (κ2) is 8.34. The number of alkyl halides is 3. The van der Waals surface area contributed by atoms with E-state index in [9.17, 15) is 18.0 Å². The molecule has 0 saturated carbocycles. The minimum Gasteiger partial charge on any atom is -0.444 e. The molecule has 0 N–H and O–H groups in total. The number of likely N-dealkylation sites (tertiary alicyclic amines) is 1. The van der Waals surface area contributed by atoms with Crippen LogP contribution in [0.4, 0.5) is 13.2 Å². The predicted octanol–water partition coefficient (Wildman–Crippen LogP) is 5.46. The second-order valence-electron chi connectivity index (χ2n) is 7.54. The molecule has 0 unspecified atom stereocenters. The van der Waals surface area contributed by atoms with Gasteiger partial charge in [0.25, 0.3) is 5.91 Å². The number of hydrogen-bond acceptors (Lipinski definition) is 3. The van der Waals surface area contributed by atoms with E-state index in [1.54, 1.807) is 4.90 Å². The molecule has 1 amide bonds. The number of piperidine rings is 1. The van der Waals surface area contributed by atoms with E-state index in [1.807, 2.05) is 18.2 Å². The van der Waals surface area contributed by atoms with Gasteiger partial charge >= 0.3 is 6.18 Å². The summed E-state index contributed by atoms with van der Waals surface area (Å²) in [4.78, 5) is 18.7. The zero-order chi connectivity index (χ0) is 21.1. The first-order valence-corrected chi connectivity index (χ1v) is 9.86. The van der Waals surface area contributed by atoms with E-state index in [-0.39, 0.29) is 17.5 Å². The summed E-state index contributed by atoms with van der Waals surface area (Å²) in [5.41, 5.74) is 1.13. The average molecular weight is 414 g/mol. The van der Waals surface area contributed by atoms with Crippen LogP contribution in [-0.2, 0) is 12.6 Å². The van der Waals surface area contributed by atoms with E-state index >= 15 is 0 Å². The summed E-state index contributed by atoms with van der Waals surface area (Å²) in [6.07, 6.45) is -0.284. The van der Waals surface area contributed by atoms with Crippen LogP contribution in [0.15, 0.2) is 65.3 Å². The Bertz CT molecular complexity index is 989. The molecular formula is C23H21F3N2O2. The Hall–Kier alpha value is -3.09. The smallest absolute Gasteiger partial charge is 0.416 e. The number of amides is 1. The summed E-state index contributed by atoms with van der Waals surface area (Å²) in [5, 5.41) is 0. The first kappa shape index (κ1) is 20.2. The monoisotopic (exact) mass is 414 g/mol. The first-order chi connectivity index (χ1) is 14.4. The summed E-state index contributed by atoms with van der Waals surface area (Å²) in [6, 6.07) is 14.8. The summed E-state index contributed by atoms with van der Waals surface area (Å²) < 4.78 is 43.4. The third-order valence-corrected chi connectivity index (χ3v) is 5.45. The minimum atomic E-state index is -4.40. The highest BCUT2D eigenvalue weighted by atomic mass is 19.4. The molecule has 156 valence electrons. The third-order valence-electron chi connectivity index (χ3n) is 5.45. The fraction of sp³-hybridized carbons (Fsp3) is 0.304. The molecule has 2 aromatic carbocycles. The van der Waals surface area contributed by atoms with Gasteiger partial charge in [-0.25, -0.2) is 4.98 Å². The van der Waals surface area contributed by atoms with Crippen molar-refractivity contribution in [2.75, 3.05) is 13.1 Å². The second-order valence-corrected chi connectivity index (χ2v) is 7.54. The van der Waals surface area contributed by atoms with Crippen molar-refractivity contribution in [3.05, 3.63) is 77.7 Å². The highest BCUT2D eigenvalue weighted by Crippen LogP contribution is 2.31. The molecule has 2 heterocycles. The van der Waals surface area contributed by atoms with Crippen LogP contribution in [0.1, 0.15) is 34.5 Å². The zero-order valence-electron chi connectivity index (χ0n) is 16.2. The van der Waals surface area contributed by atoms with E-state index < -0.39 is 11.7 Å². The van der Waals surface area contributed by atoms with Crippen LogP contribution < -0.4 is 0 Å². The molecule has 1 saturated heterocycles. The topological polar surface area (TPSA) is 46.3 Å². The lowest BCUT2D eigenvalue weighted by Gasteiger charge is -2.31. The molecule has 4 nitrogen and oxygen atoms in total. The van der Waals surface area contributed by atoms with Crippen LogP contribution in [-0.4, -0.2) is 28.9 Å². The fourth-order valence-corrected chi connectivity index (χ4v) is 3.76. The van der Waals surface area contributed by atoms with Gasteiger partial charge in [0.2, 0.25) is 5.89 Å². The molecular weight excluding hydrogens is 393 g/mol. The SMILES string of the molecule is O=C(c1coc(-c2ccc(C(F)(F)F)cc2)n1)N1CCC(Cc2ccccc2)CC1. The van der Waals surface area contributed by atoms with Crippen LogP contribution in [0.5, 0.6) is 0 Å². The Balaban J connectivity index is 1.36. The maximum absolute atomic E-state index is 12.7. The number of nitrogens with zero attached hydrogens (tertiary/aromatic N) is 2. The first-order valence-electron chi connectivity index (χ1n) is 9.86.